The Balaban J connectivity index is 2.01. The minimum Gasteiger partial charge on any atom is -0.461 e. The van der Waals surface area contributed by atoms with Crippen LogP contribution < -0.4 is 0 Å². The number of ether oxygens (including phenoxy) is 1. The van der Waals surface area contributed by atoms with Gasteiger partial charge in [-0.05, 0) is 24.7 Å². The lowest BCUT2D eigenvalue weighted by molar-refractivity contribution is -0.144. The zero-order valence-electron chi connectivity index (χ0n) is 7.73. The topological polar surface area (TPSA) is 46.5 Å². The molecule has 4 bridgehead atoms. The van der Waals surface area contributed by atoms with Gasteiger partial charge in [0.2, 0.25) is 0 Å². The zero-order chi connectivity index (χ0) is 9.87. The number of carbonyl (C=O) groups is 1. The van der Waals surface area contributed by atoms with Crippen LogP contribution in [0.2, 0.25) is 0 Å². The maximum Gasteiger partial charge on any atom is 0.310 e. The molecule has 1 saturated heterocycles. The number of rotatable bonds is 1. The summed E-state index contributed by atoms with van der Waals surface area (Å²) in [6, 6.07) is 0. The Morgan fingerprint density at radius 2 is 2.14 bits per heavy atom. The summed E-state index contributed by atoms with van der Waals surface area (Å²) in [7, 11) is 0. The van der Waals surface area contributed by atoms with Gasteiger partial charge in [0, 0.05) is 12.5 Å². The summed E-state index contributed by atoms with van der Waals surface area (Å²) >= 11 is 2.40. The van der Waals surface area contributed by atoms with Crippen molar-refractivity contribution in [2.75, 3.05) is 6.61 Å². The molecule has 0 aromatic carbocycles. The van der Waals surface area contributed by atoms with Gasteiger partial charge in [-0.25, -0.2) is 0 Å². The number of fused-ring (bicyclic) bond motifs is 1. The van der Waals surface area contributed by atoms with E-state index in [9.17, 15) is 9.90 Å². The van der Waals surface area contributed by atoms with Crippen LogP contribution in [0, 0.1) is 23.7 Å². The normalized spacial score (nSPS) is 54.9. The first-order chi connectivity index (χ1) is 6.74. The minimum absolute atomic E-state index is 0.00904. The zero-order valence-corrected chi connectivity index (χ0v) is 9.88. The Morgan fingerprint density at radius 1 is 1.43 bits per heavy atom. The van der Waals surface area contributed by atoms with E-state index in [0.29, 0.717) is 15.8 Å². The number of aliphatic hydroxyl groups excluding tert-OH is 1. The molecule has 0 spiro atoms. The standard InChI is InChI=1S/C10H13IO3/c11-8-4-1-2-5-7(6(4)3-12)10(13)14-9(5)8/h4-9,12H,1-3H2/t4-,5+,6+,7+,8+,9-/m1/s1. The lowest BCUT2D eigenvalue weighted by Crippen LogP contribution is -2.51. The van der Waals surface area contributed by atoms with E-state index in [1.54, 1.807) is 0 Å². The average Bonchev–Trinajstić information content (AvgIpc) is 2.50. The molecular weight excluding hydrogens is 295 g/mol. The molecule has 3 aliphatic carbocycles. The highest BCUT2D eigenvalue weighted by Gasteiger charge is 2.61. The highest BCUT2D eigenvalue weighted by atomic mass is 127. The number of carbonyl (C=O) groups excluding carboxylic acids is 1. The number of esters is 1. The molecule has 4 heteroatoms. The maximum atomic E-state index is 11.6. The smallest absolute Gasteiger partial charge is 0.310 e. The Labute approximate surface area is 96.3 Å². The highest BCUT2D eigenvalue weighted by molar-refractivity contribution is 14.1. The van der Waals surface area contributed by atoms with Crippen LogP contribution >= 0.6 is 22.6 Å². The van der Waals surface area contributed by atoms with Crippen LogP contribution in [-0.4, -0.2) is 27.7 Å². The fourth-order valence-electron chi connectivity index (χ4n) is 3.57. The number of halogens is 1. The summed E-state index contributed by atoms with van der Waals surface area (Å²) in [5.74, 6) is 1.01. The third-order valence-corrected chi connectivity index (χ3v) is 5.82. The Bertz CT molecular complexity index is 281. The first-order valence-electron chi connectivity index (χ1n) is 5.19. The van der Waals surface area contributed by atoms with Gasteiger partial charge in [-0.15, -0.1) is 0 Å². The predicted molar refractivity (Wildman–Crippen MR) is 58.0 cm³/mol. The molecule has 0 amide bonds. The van der Waals surface area contributed by atoms with E-state index in [0.717, 1.165) is 12.8 Å². The van der Waals surface area contributed by atoms with Gasteiger partial charge in [0.25, 0.3) is 0 Å². The minimum atomic E-state index is -0.0529. The van der Waals surface area contributed by atoms with Crippen molar-refractivity contribution in [3.63, 3.8) is 0 Å². The first kappa shape index (κ1) is 9.39. The summed E-state index contributed by atoms with van der Waals surface area (Å²) in [5, 5.41) is 9.36. The number of aliphatic hydroxyl groups is 1. The molecule has 1 N–H and O–H groups in total. The molecule has 14 heavy (non-hydrogen) atoms. The van der Waals surface area contributed by atoms with E-state index in [1.165, 1.54) is 0 Å². The van der Waals surface area contributed by atoms with Gasteiger partial charge in [-0.1, -0.05) is 22.6 Å². The van der Waals surface area contributed by atoms with Crippen LogP contribution in [0.25, 0.3) is 0 Å². The van der Waals surface area contributed by atoms with Crippen molar-refractivity contribution < 1.29 is 14.6 Å². The molecule has 0 aromatic heterocycles. The molecule has 4 rings (SSSR count). The monoisotopic (exact) mass is 308 g/mol. The molecule has 0 aromatic rings. The van der Waals surface area contributed by atoms with Gasteiger partial charge < -0.3 is 9.84 Å². The maximum absolute atomic E-state index is 11.6. The van der Waals surface area contributed by atoms with Crippen LogP contribution in [0.5, 0.6) is 0 Å². The Hall–Kier alpha value is 0.160. The lowest BCUT2D eigenvalue weighted by Gasteiger charge is -2.47. The highest BCUT2D eigenvalue weighted by Crippen LogP contribution is 2.56. The molecule has 1 aliphatic heterocycles. The molecule has 1 heterocycles. The Morgan fingerprint density at radius 3 is 2.86 bits per heavy atom. The van der Waals surface area contributed by atoms with E-state index in [2.05, 4.69) is 22.6 Å². The van der Waals surface area contributed by atoms with E-state index in [1.807, 2.05) is 0 Å². The van der Waals surface area contributed by atoms with E-state index < -0.39 is 0 Å². The van der Waals surface area contributed by atoms with Gasteiger partial charge in [0.1, 0.15) is 6.10 Å². The summed E-state index contributed by atoms with van der Waals surface area (Å²) in [5.41, 5.74) is 0. The van der Waals surface area contributed by atoms with Crippen LogP contribution in [-0.2, 0) is 9.53 Å². The van der Waals surface area contributed by atoms with E-state index in [-0.39, 0.29) is 30.5 Å². The van der Waals surface area contributed by atoms with Crippen molar-refractivity contribution in [3.8, 4) is 0 Å². The van der Waals surface area contributed by atoms with E-state index in [4.69, 9.17) is 4.74 Å². The van der Waals surface area contributed by atoms with Crippen molar-refractivity contribution in [2.45, 2.75) is 22.9 Å². The molecule has 3 saturated carbocycles. The summed E-state index contributed by atoms with van der Waals surface area (Å²) < 4.78 is 5.83. The van der Waals surface area contributed by atoms with Gasteiger partial charge in [-0.3, -0.25) is 4.79 Å². The predicted octanol–water partition coefficient (Wildman–Crippen LogP) is 0.980. The van der Waals surface area contributed by atoms with Gasteiger partial charge >= 0.3 is 5.97 Å². The lowest BCUT2D eigenvalue weighted by atomic mass is 9.59. The van der Waals surface area contributed by atoms with Crippen molar-refractivity contribution in [3.05, 3.63) is 0 Å². The van der Waals surface area contributed by atoms with E-state index >= 15 is 0 Å². The van der Waals surface area contributed by atoms with Crippen LogP contribution in [0.3, 0.4) is 0 Å². The molecule has 4 fully saturated rings. The quantitative estimate of drug-likeness (QED) is 0.446. The van der Waals surface area contributed by atoms with Gasteiger partial charge in [0.15, 0.2) is 0 Å². The third-order valence-electron chi connectivity index (χ3n) is 4.19. The summed E-state index contributed by atoms with van der Waals surface area (Å²) in [6.07, 6.45) is 2.42. The third kappa shape index (κ3) is 0.988. The van der Waals surface area contributed by atoms with Crippen molar-refractivity contribution in [2.24, 2.45) is 23.7 Å². The van der Waals surface area contributed by atoms with Crippen LogP contribution in [0.15, 0.2) is 0 Å². The summed E-state index contributed by atoms with van der Waals surface area (Å²) in [6.45, 7) is 0.146. The van der Waals surface area contributed by atoms with Crippen molar-refractivity contribution in [1.82, 2.24) is 0 Å². The van der Waals surface area contributed by atoms with Crippen LogP contribution in [0.1, 0.15) is 12.8 Å². The molecule has 3 nitrogen and oxygen atoms in total. The average molecular weight is 308 g/mol. The van der Waals surface area contributed by atoms with Crippen molar-refractivity contribution in [1.29, 1.82) is 0 Å². The number of hydrogen-bond donors (Lipinski definition) is 1. The SMILES string of the molecule is O=C1O[C@H]2[C@@H](I)[C@@H]3CC[C@H]2[C@H]1[C@H]3CO. The first-order valence-corrected chi connectivity index (χ1v) is 6.44. The molecule has 6 atom stereocenters. The second-order valence-electron chi connectivity index (χ2n) is 4.62. The second-order valence-corrected chi connectivity index (χ2v) is 6.06. The van der Waals surface area contributed by atoms with Crippen molar-refractivity contribution >= 4 is 28.6 Å². The molecule has 0 unspecified atom stereocenters. The molecule has 0 radical (unpaired) electrons. The fourth-order valence-corrected chi connectivity index (χ4v) is 5.14. The number of alkyl halides is 1. The number of hydrogen-bond acceptors (Lipinski definition) is 3. The second kappa shape index (κ2) is 3.07. The Kier molecular flexibility index (Phi) is 2.06. The summed E-state index contributed by atoms with van der Waals surface area (Å²) in [4.78, 5) is 11.6. The molecule has 4 aliphatic rings. The van der Waals surface area contributed by atoms with Gasteiger partial charge in [0.05, 0.1) is 9.84 Å². The van der Waals surface area contributed by atoms with Gasteiger partial charge in [-0.2, -0.15) is 0 Å². The largest absolute Gasteiger partial charge is 0.461 e. The fraction of sp³-hybridized carbons (Fsp3) is 0.900. The van der Waals surface area contributed by atoms with Crippen LogP contribution in [0.4, 0.5) is 0 Å². The molecule has 78 valence electrons. The molecular formula is C10H13IO3.